The average Bonchev–Trinajstić information content (AvgIpc) is 2.46. The molecule has 21 heavy (non-hydrogen) atoms. The summed E-state index contributed by atoms with van der Waals surface area (Å²) < 4.78 is 0. The van der Waals surface area contributed by atoms with E-state index in [2.05, 4.69) is 47.9 Å². The first-order valence-electron chi connectivity index (χ1n) is 7.02. The Morgan fingerprint density at radius 3 is 3.00 bits per heavy atom. The van der Waals surface area contributed by atoms with Crippen LogP contribution in [0.2, 0.25) is 0 Å². The summed E-state index contributed by atoms with van der Waals surface area (Å²) in [4.78, 5) is 11.8. The van der Waals surface area contributed by atoms with Crippen molar-refractivity contribution in [3.8, 4) is 0 Å². The zero-order valence-corrected chi connectivity index (χ0v) is 14.0. The van der Waals surface area contributed by atoms with E-state index >= 15 is 0 Å². The zero-order chi connectivity index (χ0) is 14.2. The van der Waals surface area contributed by atoms with Crippen molar-refractivity contribution < 1.29 is 4.79 Å². The maximum absolute atomic E-state index is 11.8. The van der Waals surface area contributed by atoms with Gasteiger partial charge in [0.25, 0.3) is 0 Å². The second-order valence-electron chi connectivity index (χ2n) is 5.08. The van der Waals surface area contributed by atoms with Gasteiger partial charge in [-0.25, -0.2) is 0 Å². The van der Waals surface area contributed by atoms with Gasteiger partial charge in [-0.15, -0.1) is 24.2 Å². The molecule has 1 aromatic rings. The molecule has 1 aliphatic heterocycles. The van der Waals surface area contributed by atoms with Gasteiger partial charge in [0.2, 0.25) is 5.91 Å². The van der Waals surface area contributed by atoms with E-state index in [1.165, 1.54) is 16.7 Å². The first-order chi connectivity index (χ1) is 9.74. The number of thioether (sulfide) groups is 1. The molecule has 116 valence electrons. The van der Waals surface area contributed by atoms with E-state index in [0.29, 0.717) is 12.3 Å². The molecule has 0 atom stereocenters. The van der Waals surface area contributed by atoms with Crippen molar-refractivity contribution in [2.45, 2.75) is 19.1 Å². The van der Waals surface area contributed by atoms with Crippen LogP contribution in [0.15, 0.2) is 35.9 Å². The highest BCUT2D eigenvalue weighted by molar-refractivity contribution is 7.99. The fraction of sp³-hybridized carbons (Fsp3) is 0.438. The van der Waals surface area contributed by atoms with E-state index < -0.39 is 0 Å². The summed E-state index contributed by atoms with van der Waals surface area (Å²) >= 11 is 1.67. The Morgan fingerprint density at radius 2 is 2.29 bits per heavy atom. The minimum absolute atomic E-state index is 0. The summed E-state index contributed by atoms with van der Waals surface area (Å²) in [6.07, 6.45) is 3.21. The normalized spacial score (nSPS) is 14.0. The largest absolute Gasteiger partial charge is 0.352 e. The molecule has 2 rings (SSSR count). The molecule has 0 unspecified atom stereocenters. The number of nitrogens with one attached hydrogen (secondary N) is 2. The second kappa shape index (κ2) is 9.87. The average molecular weight is 327 g/mol. The molecule has 1 aromatic carbocycles. The molecule has 0 bridgehead atoms. The number of amides is 1. The van der Waals surface area contributed by atoms with Crippen LogP contribution in [0.3, 0.4) is 0 Å². The molecule has 0 fully saturated rings. The number of aryl methyl sites for hydroxylation is 1. The van der Waals surface area contributed by atoms with Crippen LogP contribution in [0.1, 0.15) is 17.5 Å². The zero-order valence-electron chi connectivity index (χ0n) is 12.4. The lowest BCUT2D eigenvalue weighted by Gasteiger charge is -2.14. The molecule has 1 aliphatic rings. The van der Waals surface area contributed by atoms with Crippen LogP contribution in [0.25, 0.3) is 0 Å². The smallest absolute Gasteiger partial charge is 0.230 e. The van der Waals surface area contributed by atoms with Crippen LogP contribution in [0.4, 0.5) is 0 Å². The fourth-order valence-corrected chi connectivity index (χ4v) is 2.96. The van der Waals surface area contributed by atoms with Gasteiger partial charge in [0, 0.05) is 18.8 Å². The van der Waals surface area contributed by atoms with Crippen LogP contribution < -0.4 is 10.6 Å². The van der Waals surface area contributed by atoms with Gasteiger partial charge in [0.15, 0.2) is 0 Å². The van der Waals surface area contributed by atoms with Gasteiger partial charge in [-0.05, 0) is 25.5 Å². The Kier molecular flexibility index (Phi) is 8.50. The molecule has 3 nitrogen and oxygen atoms in total. The van der Waals surface area contributed by atoms with Crippen molar-refractivity contribution in [1.82, 2.24) is 10.6 Å². The first-order valence-corrected chi connectivity index (χ1v) is 8.18. The molecule has 0 aromatic heterocycles. The van der Waals surface area contributed by atoms with Crippen molar-refractivity contribution in [2.75, 3.05) is 25.4 Å². The molecule has 0 aliphatic carbocycles. The highest BCUT2D eigenvalue weighted by Crippen LogP contribution is 2.13. The van der Waals surface area contributed by atoms with Crippen LogP contribution in [-0.2, 0) is 10.5 Å². The van der Waals surface area contributed by atoms with Gasteiger partial charge in [0.1, 0.15) is 0 Å². The molecular formula is C16H23ClN2OS. The lowest BCUT2D eigenvalue weighted by atomic mass is 10.1. The summed E-state index contributed by atoms with van der Waals surface area (Å²) in [5, 5.41) is 6.26. The fourth-order valence-electron chi connectivity index (χ4n) is 2.16. The Hall–Kier alpha value is -0.970. The molecule has 2 N–H and O–H groups in total. The van der Waals surface area contributed by atoms with Crippen LogP contribution in [-0.4, -0.2) is 31.3 Å². The third-order valence-electron chi connectivity index (χ3n) is 3.25. The van der Waals surface area contributed by atoms with E-state index in [9.17, 15) is 4.79 Å². The standard InChI is InChI=1S/C16H22N2OS.ClH/c1-13-3-2-4-15(9-13)11-20-12-16(19)18-10-14-5-7-17-8-6-14;/h2-5,9,17H,6-8,10-12H2,1H3,(H,18,19);1H. The minimum atomic E-state index is 0. The summed E-state index contributed by atoms with van der Waals surface area (Å²) in [5.41, 5.74) is 3.88. The lowest BCUT2D eigenvalue weighted by molar-refractivity contribution is -0.118. The SMILES string of the molecule is Cc1cccc(CSCC(=O)NCC2=CCNCC2)c1.Cl. The molecule has 0 spiro atoms. The molecule has 0 radical (unpaired) electrons. The maximum Gasteiger partial charge on any atom is 0.230 e. The minimum Gasteiger partial charge on any atom is -0.352 e. The highest BCUT2D eigenvalue weighted by Gasteiger charge is 2.06. The molecule has 1 heterocycles. The predicted octanol–water partition coefficient (Wildman–Crippen LogP) is 2.69. The van der Waals surface area contributed by atoms with Crippen molar-refractivity contribution in [2.24, 2.45) is 0 Å². The Bertz CT molecular complexity index is 491. The van der Waals surface area contributed by atoms with E-state index in [1.54, 1.807) is 11.8 Å². The van der Waals surface area contributed by atoms with Crippen LogP contribution in [0.5, 0.6) is 0 Å². The third kappa shape index (κ3) is 7.02. The first kappa shape index (κ1) is 18.1. The second-order valence-corrected chi connectivity index (χ2v) is 6.06. The molecule has 0 saturated heterocycles. The van der Waals surface area contributed by atoms with Gasteiger partial charge in [-0.3, -0.25) is 4.79 Å². The van der Waals surface area contributed by atoms with Crippen LogP contribution >= 0.6 is 24.2 Å². The quantitative estimate of drug-likeness (QED) is 0.790. The number of hydrogen-bond donors (Lipinski definition) is 2. The molecular weight excluding hydrogens is 304 g/mol. The summed E-state index contributed by atoms with van der Waals surface area (Å²) in [6.45, 7) is 4.73. The topological polar surface area (TPSA) is 41.1 Å². The summed E-state index contributed by atoms with van der Waals surface area (Å²) in [5.74, 6) is 1.54. The Balaban J connectivity index is 0.00000220. The molecule has 5 heteroatoms. The van der Waals surface area contributed by atoms with Crippen molar-refractivity contribution in [3.05, 3.63) is 47.0 Å². The number of carbonyl (C=O) groups is 1. The monoisotopic (exact) mass is 326 g/mol. The highest BCUT2D eigenvalue weighted by atomic mass is 35.5. The van der Waals surface area contributed by atoms with Crippen molar-refractivity contribution in [1.29, 1.82) is 0 Å². The number of rotatable bonds is 6. The number of hydrogen-bond acceptors (Lipinski definition) is 3. The van der Waals surface area contributed by atoms with E-state index in [4.69, 9.17) is 0 Å². The molecule has 0 saturated carbocycles. The predicted molar refractivity (Wildman–Crippen MR) is 93.2 cm³/mol. The van der Waals surface area contributed by atoms with Gasteiger partial charge >= 0.3 is 0 Å². The van der Waals surface area contributed by atoms with Crippen molar-refractivity contribution >= 4 is 30.1 Å². The summed E-state index contributed by atoms with van der Waals surface area (Å²) in [6, 6.07) is 8.44. The third-order valence-corrected chi connectivity index (χ3v) is 4.26. The van der Waals surface area contributed by atoms with Gasteiger partial charge in [-0.1, -0.05) is 41.5 Å². The van der Waals surface area contributed by atoms with E-state index in [-0.39, 0.29) is 18.3 Å². The number of benzene rings is 1. The number of carbonyl (C=O) groups excluding carboxylic acids is 1. The van der Waals surface area contributed by atoms with Crippen LogP contribution in [0, 0.1) is 6.92 Å². The molecule has 1 amide bonds. The Labute approximate surface area is 137 Å². The van der Waals surface area contributed by atoms with E-state index in [1.807, 2.05) is 0 Å². The summed E-state index contributed by atoms with van der Waals surface area (Å²) in [7, 11) is 0. The Morgan fingerprint density at radius 1 is 1.43 bits per heavy atom. The van der Waals surface area contributed by atoms with Gasteiger partial charge in [0.05, 0.1) is 5.75 Å². The van der Waals surface area contributed by atoms with Gasteiger partial charge < -0.3 is 10.6 Å². The maximum atomic E-state index is 11.8. The van der Waals surface area contributed by atoms with Gasteiger partial charge in [-0.2, -0.15) is 0 Å². The van der Waals surface area contributed by atoms with Crippen molar-refractivity contribution in [3.63, 3.8) is 0 Å². The lowest BCUT2D eigenvalue weighted by Crippen LogP contribution is -2.30. The van der Waals surface area contributed by atoms with E-state index in [0.717, 1.165) is 25.3 Å². The number of halogens is 1.